The molecule has 0 radical (unpaired) electrons. The Hall–Kier alpha value is -4.16. The molecule has 4 aromatic rings. The largest absolute Gasteiger partial charge is 0.340 e. The summed E-state index contributed by atoms with van der Waals surface area (Å²) >= 11 is 6.63. The first-order valence-electron chi connectivity index (χ1n) is 12.4. The Bertz CT molecular complexity index is 1540. The van der Waals surface area contributed by atoms with Crippen LogP contribution < -0.4 is 15.1 Å². The SMILES string of the molecule is C[C@@H]1C(=O)N(c2cccc(C#N)c2)c2cnc(Nc3ccc4[nH]ncc4c3Cl)nc2N1C1CCCCC1. The Labute approximate surface area is 219 Å². The molecule has 2 aromatic heterocycles. The molecule has 0 bridgehead atoms. The van der Waals surface area contributed by atoms with E-state index in [4.69, 9.17) is 16.6 Å². The van der Waals surface area contributed by atoms with Gasteiger partial charge in [0.2, 0.25) is 5.95 Å². The van der Waals surface area contributed by atoms with Crippen molar-refractivity contribution in [3.63, 3.8) is 0 Å². The molecular formula is C27H25ClN8O. The Balaban J connectivity index is 1.45. The highest BCUT2D eigenvalue weighted by molar-refractivity contribution is 6.38. The number of aromatic nitrogens is 4. The maximum absolute atomic E-state index is 13.8. The minimum absolute atomic E-state index is 0.0640. The van der Waals surface area contributed by atoms with E-state index in [9.17, 15) is 10.1 Å². The second-order valence-electron chi connectivity index (χ2n) is 9.50. The highest BCUT2D eigenvalue weighted by Gasteiger charge is 2.41. The van der Waals surface area contributed by atoms with Crippen LogP contribution in [-0.2, 0) is 4.79 Å². The fraction of sp³-hybridized carbons (Fsp3) is 0.296. The van der Waals surface area contributed by atoms with Crippen molar-refractivity contribution >= 4 is 57.2 Å². The quantitative estimate of drug-likeness (QED) is 0.353. The normalized spacial score (nSPS) is 18.1. The smallest absolute Gasteiger partial charge is 0.254 e. The number of nitriles is 1. The number of benzene rings is 2. The van der Waals surface area contributed by atoms with Crippen molar-refractivity contribution in [3.8, 4) is 6.07 Å². The van der Waals surface area contributed by atoms with Gasteiger partial charge in [-0.2, -0.15) is 15.3 Å². The van der Waals surface area contributed by atoms with Gasteiger partial charge in [0.15, 0.2) is 5.82 Å². The summed E-state index contributed by atoms with van der Waals surface area (Å²) < 4.78 is 0. The summed E-state index contributed by atoms with van der Waals surface area (Å²) in [5, 5.41) is 21.0. The molecule has 0 unspecified atom stereocenters. The van der Waals surface area contributed by atoms with E-state index in [1.54, 1.807) is 35.5 Å². The summed E-state index contributed by atoms with van der Waals surface area (Å²) in [4.78, 5) is 27.1. The minimum Gasteiger partial charge on any atom is -0.340 e. The fourth-order valence-corrected chi connectivity index (χ4v) is 5.67. The monoisotopic (exact) mass is 512 g/mol. The van der Waals surface area contributed by atoms with Gasteiger partial charge >= 0.3 is 0 Å². The molecule has 9 nitrogen and oxygen atoms in total. The van der Waals surface area contributed by atoms with Crippen molar-refractivity contribution in [1.29, 1.82) is 5.26 Å². The molecule has 0 spiro atoms. The number of hydrogen-bond donors (Lipinski definition) is 2. The summed E-state index contributed by atoms with van der Waals surface area (Å²) in [5.74, 6) is 1.02. The number of rotatable bonds is 4. The Morgan fingerprint density at radius 3 is 2.81 bits per heavy atom. The van der Waals surface area contributed by atoms with Crippen molar-refractivity contribution < 1.29 is 4.79 Å². The van der Waals surface area contributed by atoms with E-state index in [0.29, 0.717) is 39.4 Å². The van der Waals surface area contributed by atoms with Gasteiger partial charge in [-0.05, 0) is 50.1 Å². The summed E-state index contributed by atoms with van der Waals surface area (Å²) in [6.45, 7) is 1.93. The average molecular weight is 513 g/mol. The van der Waals surface area contributed by atoms with Crippen molar-refractivity contribution in [1.82, 2.24) is 20.2 Å². The predicted octanol–water partition coefficient (Wildman–Crippen LogP) is 5.83. The van der Waals surface area contributed by atoms with Gasteiger partial charge in [0.1, 0.15) is 11.7 Å². The molecule has 1 saturated carbocycles. The minimum atomic E-state index is -0.421. The number of H-pyrrole nitrogens is 1. The average Bonchev–Trinajstić information content (AvgIpc) is 3.42. The third kappa shape index (κ3) is 4.03. The Kier molecular flexibility index (Phi) is 5.89. The maximum Gasteiger partial charge on any atom is 0.254 e. The lowest BCUT2D eigenvalue weighted by Crippen LogP contribution is -2.55. The molecule has 1 aliphatic heterocycles. The van der Waals surface area contributed by atoms with Crippen LogP contribution in [0.25, 0.3) is 10.9 Å². The third-order valence-electron chi connectivity index (χ3n) is 7.24. The lowest BCUT2D eigenvalue weighted by atomic mass is 9.92. The van der Waals surface area contributed by atoms with Crippen molar-refractivity contribution in [2.45, 2.75) is 51.1 Å². The maximum atomic E-state index is 13.8. The van der Waals surface area contributed by atoms with Crippen LogP contribution in [0.15, 0.2) is 48.8 Å². The van der Waals surface area contributed by atoms with Crippen LogP contribution in [0.3, 0.4) is 0 Å². The van der Waals surface area contributed by atoms with Gasteiger partial charge in [0.25, 0.3) is 5.91 Å². The second-order valence-corrected chi connectivity index (χ2v) is 9.87. The van der Waals surface area contributed by atoms with Gasteiger partial charge in [0.05, 0.1) is 45.9 Å². The van der Waals surface area contributed by atoms with Gasteiger partial charge in [-0.25, -0.2) is 4.98 Å². The second kappa shape index (κ2) is 9.37. The number of nitrogens with zero attached hydrogens (tertiary/aromatic N) is 6. The van der Waals surface area contributed by atoms with Crippen molar-refractivity contribution in [3.05, 3.63) is 59.4 Å². The molecule has 6 rings (SSSR count). The summed E-state index contributed by atoms with van der Waals surface area (Å²) in [6, 6.07) is 12.8. The third-order valence-corrected chi connectivity index (χ3v) is 7.64. The predicted molar refractivity (Wildman–Crippen MR) is 144 cm³/mol. The number of aromatic amines is 1. The molecule has 3 heterocycles. The molecule has 1 fully saturated rings. The zero-order valence-electron chi connectivity index (χ0n) is 20.3. The van der Waals surface area contributed by atoms with E-state index in [1.807, 2.05) is 25.1 Å². The molecule has 37 heavy (non-hydrogen) atoms. The highest BCUT2D eigenvalue weighted by atomic mass is 35.5. The lowest BCUT2D eigenvalue weighted by molar-refractivity contribution is -0.119. The van der Waals surface area contributed by atoms with Gasteiger partial charge in [-0.1, -0.05) is 36.9 Å². The number of fused-ring (bicyclic) bond motifs is 2. The van der Waals surface area contributed by atoms with Crippen LogP contribution in [0.5, 0.6) is 0 Å². The summed E-state index contributed by atoms with van der Waals surface area (Å²) in [5.41, 5.74) is 3.22. The Morgan fingerprint density at radius 1 is 1.16 bits per heavy atom. The molecule has 0 saturated heterocycles. The summed E-state index contributed by atoms with van der Waals surface area (Å²) in [6.07, 6.45) is 8.84. The van der Waals surface area contributed by atoms with Crippen LogP contribution in [0, 0.1) is 11.3 Å². The molecule has 1 amide bonds. The topological polar surface area (TPSA) is 114 Å². The van der Waals surface area contributed by atoms with E-state index in [-0.39, 0.29) is 11.9 Å². The van der Waals surface area contributed by atoms with Crippen LogP contribution in [-0.4, -0.2) is 38.2 Å². The molecule has 2 aliphatic rings. The van der Waals surface area contributed by atoms with E-state index in [0.717, 1.165) is 36.6 Å². The fourth-order valence-electron chi connectivity index (χ4n) is 5.41. The number of carbonyl (C=O) groups is 1. The molecule has 1 atom stereocenters. The van der Waals surface area contributed by atoms with Crippen LogP contribution >= 0.6 is 11.6 Å². The van der Waals surface area contributed by atoms with E-state index in [2.05, 4.69) is 31.5 Å². The number of nitrogens with one attached hydrogen (secondary N) is 2. The summed E-state index contributed by atoms with van der Waals surface area (Å²) in [7, 11) is 0. The first kappa shape index (κ1) is 23.3. The van der Waals surface area contributed by atoms with Crippen LogP contribution in [0.2, 0.25) is 5.02 Å². The van der Waals surface area contributed by atoms with E-state index < -0.39 is 6.04 Å². The number of amides is 1. The molecule has 1 aliphatic carbocycles. The molecule has 10 heteroatoms. The number of anilines is 5. The standard InChI is InChI=1S/C27H25ClN8O/c1-16-26(37)36(19-9-5-6-17(12-19)13-29)23-15-30-27(33-25(23)35(16)18-7-3-2-4-8-18)32-22-11-10-21-20(24(22)28)14-31-34-21/h5-6,9-12,14-16,18H,2-4,7-8H2,1H3,(H,31,34)(H,30,32,33)/t16-/m1/s1. The van der Waals surface area contributed by atoms with Crippen LogP contribution in [0.1, 0.15) is 44.6 Å². The molecule has 2 N–H and O–H groups in total. The molecule has 186 valence electrons. The zero-order chi connectivity index (χ0) is 25.5. The van der Waals surface area contributed by atoms with Gasteiger partial charge in [-0.3, -0.25) is 14.8 Å². The number of carbonyl (C=O) groups excluding carboxylic acids is 1. The van der Waals surface area contributed by atoms with Gasteiger partial charge in [-0.15, -0.1) is 0 Å². The van der Waals surface area contributed by atoms with Crippen LogP contribution in [0.4, 0.5) is 28.8 Å². The van der Waals surface area contributed by atoms with E-state index in [1.165, 1.54) is 6.42 Å². The highest BCUT2D eigenvalue weighted by Crippen LogP contribution is 2.43. The first-order valence-corrected chi connectivity index (χ1v) is 12.8. The molecule has 2 aromatic carbocycles. The van der Waals surface area contributed by atoms with Crippen molar-refractivity contribution in [2.75, 3.05) is 15.1 Å². The zero-order valence-corrected chi connectivity index (χ0v) is 21.0. The van der Waals surface area contributed by atoms with Gasteiger partial charge < -0.3 is 10.2 Å². The van der Waals surface area contributed by atoms with Crippen molar-refractivity contribution in [2.24, 2.45) is 0 Å². The van der Waals surface area contributed by atoms with E-state index >= 15 is 0 Å². The first-order chi connectivity index (χ1) is 18.0. The Morgan fingerprint density at radius 2 is 2.00 bits per heavy atom. The van der Waals surface area contributed by atoms with Gasteiger partial charge in [0, 0.05) is 11.4 Å². The lowest BCUT2D eigenvalue weighted by Gasteiger charge is -2.45. The molecular weight excluding hydrogens is 488 g/mol. The number of hydrogen-bond acceptors (Lipinski definition) is 7. The number of halogens is 1.